The van der Waals surface area contributed by atoms with Gasteiger partial charge in [-0.1, -0.05) is 0 Å². The molecule has 0 aromatic heterocycles. The fraction of sp³-hybridized carbons (Fsp3) is 0.895. The van der Waals surface area contributed by atoms with Crippen molar-refractivity contribution >= 4 is 11.9 Å². The minimum atomic E-state index is -0.530. The monoisotopic (exact) mass is 371 g/mol. The number of hydrogen-bond acceptors (Lipinski definition) is 6. The highest BCUT2D eigenvalue weighted by Crippen LogP contribution is 2.33. The molecule has 2 fully saturated rings. The molecule has 0 aromatic rings. The van der Waals surface area contributed by atoms with Crippen LogP contribution in [0.2, 0.25) is 0 Å². The number of fused-ring (bicyclic) bond motifs is 2. The van der Waals surface area contributed by atoms with Crippen LogP contribution < -0.4 is 0 Å². The van der Waals surface area contributed by atoms with Gasteiger partial charge in [0.1, 0.15) is 11.4 Å². The molecule has 2 aliphatic heterocycles. The Morgan fingerprint density at radius 1 is 1.04 bits per heavy atom. The summed E-state index contributed by atoms with van der Waals surface area (Å²) in [4.78, 5) is 26.9. The van der Waals surface area contributed by atoms with E-state index in [-0.39, 0.29) is 29.9 Å². The second-order valence-electron chi connectivity index (χ2n) is 7.93. The van der Waals surface area contributed by atoms with Gasteiger partial charge in [0.05, 0.1) is 45.1 Å². The fourth-order valence-corrected chi connectivity index (χ4v) is 3.53. The maximum absolute atomic E-state index is 12.5. The molecule has 0 spiro atoms. The summed E-state index contributed by atoms with van der Waals surface area (Å²) in [5, 5.41) is 0. The topological polar surface area (TPSA) is 74.3 Å². The normalized spacial score (nSPS) is 25.8. The number of hydrogen-bond donors (Lipinski definition) is 0. The fourth-order valence-electron chi connectivity index (χ4n) is 3.53. The van der Waals surface area contributed by atoms with Gasteiger partial charge >= 0.3 is 6.09 Å². The summed E-state index contributed by atoms with van der Waals surface area (Å²) >= 11 is 0. The average molecular weight is 371 g/mol. The highest BCUT2D eigenvalue weighted by molar-refractivity contribution is 5.81. The summed E-state index contributed by atoms with van der Waals surface area (Å²) in [6, 6.07) is -0.185. The summed E-state index contributed by atoms with van der Waals surface area (Å²) in [6.07, 6.45) is 1.37. The van der Waals surface area contributed by atoms with E-state index in [0.29, 0.717) is 58.9 Å². The Balaban J connectivity index is 1.82. The average Bonchev–Trinajstić information content (AvgIpc) is 2.55. The predicted octanol–water partition coefficient (Wildman–Crippen LogP) is 2.41. The van der Waals surface area contributed by atoms with Crippen molar-refractivity contribution in [1.29, 1.82) is 0 Å². The summed E-state index contributed by atoms with van der Waals surface area (Å²) in [5.41, 5.74) is -0.530. The number of Topliss-reactive ketones (excluding diaryl/α,β-unsaturated/α-hetero) is 1. The summed E-state index contributed by atoms with van der Waals surface area (Å²) in [5.74, 6) is 0.172. The number of carbonyl (C=O) groups excluding carboxylic acids is 2. The Hall–Kier alpha value is -1.18. The van der Waals surface area contributed by atoms with Gasteiger partial charge in [0, 0.05) is 18.9 Å². The smallest absolute Gasteiger partial charge is 0.410 e. The molecule has 2 aliphatic rings. The molecule has 0 radical (unpaired) electrons. The van der Waals surface area contributed by atoms with E-state index >= 15 is 0 Å². The van der Waals surface area contributed by atoms with E-state index in [1.54, 1.807) is 4.90 Å². The third-order valence-corrected chi connectivity index (χ3v) is 4.65. The number of ketones is 1. The number of morpholine rings is 1. The minimum Gasteiger partial charge on any atom is -0.444 e. The molecular formula is C19H33NO6. The zero-order chi connectivity index (χ0) is 19.2. The molecule has 7 heteroatoms. The highest BCUT2D eigenvalue weighted by Gasteiger charge is 2.44. The minimum absolute atomic E-state index is 0.0388. The molecule has 0 aromatic carbocycles. The van der Waals surface area contributed by atoms with Gasteiger partial charge in [-0.2, -0.15) is 0 Å². The van der Waals surface area contributed by atoms with Crippen LogP contribution in [-0.4, -0.2) is 74.1 Å². The lowest BCUT2D eigenvalue weighted by molar-refractivity contribution is -0.133. The van der Waals surface area contributed by atoms with Gasteiger partial charge in [-0.25, -0.2) is 4.79 Å². The first kappa shape index (κ1) is 21.1. The first-order valence-corrected chi connectivity index (χ1v) is 9.59. The van der Waals surface area contributed by atoms with Crippen molar-refractivity contribution < 1.29 is 28.5 Å². The van der Waals surface area contributed by atoms with Crippen molar-refractivity contribution in [2.24, 2.45) is 5.92 Å². The lowest BCUT2D eigenvalue weighted by Crippen LogP contribution is -2.60. The number of rotatable bonds is 8. The van der Waals surface area contributed by atoms with Gasteiger partial charge in [0.25, 0.3) is 0 Å². The van der Waals surface area contributed by atoms with Gasteiger partial charge < -0.3 is 18.9 Å². The van der Waals surface area contributed by atoms with Crippen LogP contribution in [0.3, 0.4) is 0 Å². The Labute approximate surface area is 156 Å². The third-order valence-electron chi connectivity index (χ3n) is 4.65. The molecule has 1 amide bonds. The van der Waals surface area contributed by atoms with Crippen LogP contribution >= 0.6 is 0 Å². The number of nitrogens with zero attached hydrogens (tertiary/aromatic N) is 1. The van der Waals surface area contributed by atoms with Crippen LogP contribution in [0, 0.1) is 5.92 Å². The Morgan fingerprint density at radius 3 is 2.23 bits per heavy atom. The van der Waals surface area contributed by atoms with E-state index in [2.05, 4.69) is 0 Å². The largest absolute Gasteiger partial charge is 0.444 e. The Bertz CT molecular complexity index is 461. The summed E-state index contributed by atoms with van der Waals surface area (Å²) in [7, 11) is 0. The third kappa shape index (κ3) is 6.21. The first-order valence-electron chi connectivity index (χ1n) is 9.59. The zero-order valence-corrected chi connectivity index (χ0v) is 16.5. The quantitative estimate of drug-likeness (QED) is 0.610. The molecule has 2 rings (SSSR count). The molecule has 2 saturated heterocycles. The number of carbonyl (C=O) groups is 2. The van der Waals surface area contributed by atoms with E-state index < -0.39 is 5.60 Å². The van der Waals surface area contributed by atoms with E-state index in [1.165, 1.54) is 0 Å². The second kappa shape index (κ2) is 9.67. The standard InChI is InChI=1S/C19H33NO6/c1-5-23-8-9-24-7-6-17(21)14-10-15-12-25-13-16(11-14)20(15)18(22)26-19(2,3)4/h14-16H,5-13H2,1-4H3. The second-order valence-corrected chi connectivity index (χ2v) is 7.93. The van der Waals surface area contributed by atoms with Crippen molar-refractivity contribution in [3.8, 4) is 0 Å². The van der Waals surface area contributed by atoms with E-state index in [1.807, 2.05) is 27.7 Å². The molecular weight excluding hydrogens is 338 g/mol. The molecule has 2 atom stereocenters. The van der Waals surface area contributed by atoms with Crippen LogP contribution in [0.1, 0.15) is 47.0 Å². The van der Waals surface area contributed by atoms with E-state index in [9.17, 15) is 9.59 Å². The van der Waals surface area contributed by atoms with E-state index in [4.69, 9.17) is 18.9 Å². The SMILES string of the molecule is CCOCCOCCC(=O)C1CC2COCC(C1)N2C(=O)OC(C)(C)C. The molecule has 2 heterocycles. The number of ether oxygens (including phenoxy) is 4. The van der Waals surface area contributed by atoms with Gasteiger partial charge in [-0.05, 0) is 40.5 Å². The van der Waals surface area contributed by atoms with Crippen molar-refractivity contribution in [2.75, 3.05) is 39.6 Å². The Morgan fingerprint density at radius 2 is 1.65 bits per heavy atom. The van der Waals surface area contributed by atoms with Crippen molar-refractivity contribution in [3.05, 3.63) is 0 Å². The van der Waals surface area contributed by atoms with Gasteiger partial charge in [0.2, 0.25) is 0 Å². The molecule has 7 nitrogen and oxygen atoms in total. The highest BCUT2D eigenvalue weighted by atomic mass is 16.6. The lowest BCUT2D eigenvalue weighted by Gasteiger charge is -2.47. The predicted molar refractivity (Wildman–Crippen MR) is 96.1 cm³/mol. The summed E-state index contributed by atoms with van der Waals surface area (Å²) in [6.45, 7) is 10.6. The molecule has 0 aliphatic carbocycles. The Kier molecular flexibility index (Phi) is 7.85. The number of piperidine rings is 1. The van der Waals surface area contributed by atoms with E-state index in [0.717, 1.165) is 0 Å². The van der Waals surface area contributed by atoms with Crippen LogP contribution in [0.25, 0.3) is 0 Å². The van der Waals surface area contributed by atoms with Crippen LogP contribution in [0.4, 0.5) is 4.79 Å². The van der Waals surface area contributed by atoms with Crippen LogP contribution in [-0.2, 0) is 23.7 Å². The molecule has 26 heavy (non-hydrogen) atoms. The maximum Gasteiger partial charge on any atom is 0.410 e. The van der Waals surface area contributed by atoms with Crippen LogP contribution in [0.5, 0.6) is 0 Å². The van der Waals surface area contributed by atoms with Gasteiger partial charge in [-0.15, -0.1) is 0 Å². The summed E-state index contributed by atoms with van der Waals surface area (Å²) < 4.78 is 21.8. The molecule has 0 N–H and O–H groups in total. The van der Waals surface area contributed by atoms with Crippen molar-refractivity contribution in [3.63, 3.8) is 0 Å². The molecule has 2 bridgehead atoms. The first-order chi connectivity index (χ1) is 12.3. The maximum atomic E-state index is 12.5. The molecule has 150 valence electrons. The van der Waals surface area contributed by atoms with Crippen molar-refractivity contribution in [1.82, 2.24) is 4.90 Å². The number of amides is 1. The van der Waals surface area contributed by atoms with Gasteiger partial charge in [-0.3, -0.25) is 9.69 Å². The molecule has 2 unspecified atom stereocenters. The molecule has 0 saturated carbocycles. The zero-order valence-electron chi connectivity index (χ0n) is 16.5. The van der Waals surface area contributed by atoms with Gasteiger partial charge in [0.15, 0.2) is 0 Å². The van der Waals surface area contributed by atoms with Crippen molar-refractivity contribution in [2.45, 2.75) is 64.6 Å². The lowest BCUT2D eigenvalue weighted by atomic mass is 9.82. The van der Waals surface area contributed by atoms with Crippen LogP contribution in [0.15, 0.2) is 0 Å².